The Kier molecular flexibility index (Phi) is 4.52. The normalized spacial score (nSPS) is 29.6. The third-order valence-corrected chi connectivity index (χ3v) is 5.57. The SMILES string of the molecule is CC(C)(C)C(=O)NC1(C)C(CC(C)(C)C(=O)NC2CCC2)C1(F)F. The van der Waals surface area contributed by atoms with Gasteiger partial charge in [0.1, 0.15) is 5.54 Å². The highest BCUT2D eigenvalue weighted by Gasteiger charge is 2.79. The van der Waals surface area contributed by atoms with Gasteiger partial charge >= 0.3 is 0 Å². The van der Waals surface area contributed by atoms with Gasteiger partial charge in [0.2, 0.25) is 11.8 Å². The average Bonchev–Trinajstić information content (AvgIpc) is 2.76. The standard InChI is InChI=1S/C18H30F2N2O2/c1-15(2,3)13(23)22-17(6)12(18(17,19)20)10-16(4,5)14(24)21-11-8-7-9-11/h11-12H,7-10H2,1-6H3,(H,21,24)(H,22,23). The Bertz CT molecular complexity index is 536. The molecule has 2 saturated carbocycles. The number of hydrogen-bond acceptors (Lipinski definition) is 2. The van der Waals surface area contributed by atoms with Crippen molar-refractivity contribution < 1.29 is 18.4 Å². The van der Waals surface area contributed by atoms with Crippen LogP contribution < -0.4 is 10.6 Å². The van der Waals surface area contributed by atoms with Crippen LogP contribution >= 0.6 is 0 Å². The highest BCUT2D eigenvalue weighted by Crippen LogP contribution is 2.62. The molecule has 24 heavy (non-hydrogen) atoms. The molecule has 0 aromatic carbocycles. The van der Waals surface area contributed by atoms with Crippen molar-refractivity contribution in [2.24, 2.45) is 16.7 Å². The van der Waals surface area contributed by atoms with E-state index in [9.17, 15) is 18.4 Å². The molecule has 2 fully saturated rings. The zero-order chi connectivity index (χ0) is 18.6. The van der Waals surface area contributed by atoms with Gasteiger partial charge in [0.15, 0.2) is 0 Å². The van der Waals surface area contributed by atoms with Gasteiger partial charge in [-0.2, -0.15) is 0 Å². The monoisotopic (exact) mass is 344 g/mol. The second-order valence-corrected chi connectivity index (χ2v) is 9.27. The molecule has 138 valence electrons. The summed E-state index contributed by atoms with van der Waals surface area (Å²) in [4.78, 5) is 24.5. The Balaban J connectivity index is 2.02. The quantitative estimate of drug-likeness (QED) is 0.804. The number of amides is 2. The maximum Gasteiger partial charge on any atom is 0.276 e. The molecule has 0 saturated heterocycles. The average molecular weight is 344 g/mol. The van der Waals surface area contributed by atoms with E-state index >= 15 is 0 Å². The molecule has 0 aromatic rings. The van der Waals surface area contributed by atoms with Gasteiger partial charge in [-0.1, -0.05) is 34.6 Å². The third-order valence-electron chi connectivity index (χ3n) is 5.57. The van der Waals surface area contributed by atoms with Gasteiger partial charge in [-0.05, 0) is 32.6 Å². The number of hydrogen-bond donors (Lipinski definition) is 2. The van der Waals surface area contributed by atoms with Crippen LogP contribution in [0.3, 0.4) is 0 Å². The zero-order valence-corrected chi connectivity index (χ0v) is 15.6. The first kappa shape index (κ1) is 19.1. The molecule has 2 atom stereocenters. The van der Waals surface area contributed by atoms with Gasteiger partial charge < -0.3 is 10.6 Å². The van der Waals surface area contributed by atoms with Gasteiger partial charge in [0, 0.05) is 16.9 Å². The zero-order valence-electron chi connectivity index (χ0n) is 15.6. The molecule has 2 aliphatic carbocycles. The summed E-state index contributed by atoms with van der Waals surface area (Å²) in [6, 6.07) is 0.184. The summed E-state index contributed by atoms with van der Waals surface area (Å²) in [6.07, 6.45) is 3.06. The van der Waals surface area contributed by atoms with Crippen molar-refractivity contribution in [2.75, 3.05) is 0 Å². The Morgan fingerprint density at radius 1 is 1.08 bits per heavy atom. The molecule has 2 N–H and O–H groups in total. The summed E-state index contributed by atoms with van der Waals surface area (Å²) in [5, 5.41) is 5.45. The van der Waals surface area contributed by atoms with E-state index in [4.69, 9.17) is 0 Å². The number of rotatable bonds is 5. The number of carbonyl (C=O) groups is 2. The lowest BCUT2D eigenvalue weighted by molar-refractivity contribution is -0.131. The lowest BCUT2D eigenvalue weighted by Crippen LogP contribution is -2.47. The van der Waals surface area contributed by atoms with Crippen LogP contribution in [0.5, 0.6) is 0 Å². The van der Waals surface area contributed by atoms with Crippen LogP contribution in [0, 0.1) is 16.7 Å². The van der Waals surface area contributed by atoms with Gasteiger partial charge in [0.05, 0.1) is 5.92 Å². The molecule has 2 rings (SSSR count). The fourth-order valence-electron chi connectivity index (χ4n) is 3.08. The Morgan fingerprint density at radius 2 is 1.62 bits per heavy atom. The smallest absolute Gasteiger partial charge is 0.276 e. The van der Waals surface area contributed by atoms with Crippen LogP contribution in [0.4, 0.5) is 8.78 Å². The summed E-state index contributed by atoms with van der Waals surface area (Å²) in [7, 11) is 0. The van der Waals surface area contributed by atoms with E-state index in [2.05, 4.69) is 10.6 Å². The first-order chi connectivity index (χ1) is 10.7. The van der Waals surface area contributed by atoms with Crippen LogP contribution in [-0.4, -0.2) is 29.3 Å². The Hall–Kier alpha value is -1.20. The van der Waals surface area contributed by atoms with Gasteiger partial charge in [-0.25, -0.2) is 8.78 Å². The second-order valence-electron chi connectivity index (χ2n) is 9.27. The molecule has 0 heterocycles. The minimum Gasteiger partial charge on any atom is -0.353 e. The van der Waals surface area contributed by atoms with Crippen molar-refractivity contribution in [3.8, 4) is 0 Å². The first-order valence-electron chi connectivity index (χ1n) is 8.73. The second kappa shape index (κ2) is 5.67. The van der Waals surface area contributed by atoms with E-state index in [0.29, 0.717) is 0 Å². The van der Waals surface area contributed by atoms with E-state index in [1.54, 1.807) is 34.6 Å². The van der Waals surface area contributed by atoms with E-state index in [1.165, 1.54) is 6.92 Å². The molecule has 0 aromatic heterocycles. The number of nitrogens with one attached hydrogen (secondary N) is 2. The summed E-state index contributed by atoms with van der Waals surface area (Å²) in [5.74, 6) is -4.61. The molecule has 0 radical (unpaired) electrons. The fraction of sp³-hybridized carbons (Fsp3) is 0.889. The van der Waals surface area contributed by atoms with Crippen LogP contribution in [-0.2, 0) is 9.59 Å². The van der Waals surface area contributed by atoms with Gasteiger partial charge in [0.25, 0.3) is 5.92 Å². The number of halogens is 2. The van der Waals surface area contributed by atoms with Crippen LogP contribution in [0.1, 0.15) is 67.2 Å². The highest BCUT2D eigenvalue weighted by molar-refractivity contribution is 5.84. The summed E-state index contributed by atoms with van der Waals surface area (Å²) < 4.78 is 28.8. The molecule has 4 nitrogen and oxygen atoms in total. The van der Waals surface area contributed by atoms with Gasteiger partial charge in [-0.3, -0.25) is 9.59 Å². The van der Waals surface area contributed by atoms with E-state index in [1.807, 2.05) is 0 Å². The summed E-state index contributed by atoms with van der Waals surface area (Å²) in [6.45, 7) is 9.84. The minimum absolute atomic E-state index is 0.0411. The van der Waals surface area contributed by atoms with E-state index in [-0.39, 0.29) is 18.4 Å². The van der Waals surface area contributed by atoms with Crippen LogP contribution in [0.15, 0.2) is 0 Å². The molecule has 6 heteroatoms. The van der Waals surface area contributed by atoms with Crippen LogP contribution in [0.25, 0.3) is 0 Å². The van der Waals surface area contributed by atoms with E-state index < -0.39 is 34.1 Å². The molecular weight excluding hydrogens is 314 g/mol. The summed E-state index contributed by atoms with van der Waals surface area (Å²) in [5.41, 5.74) is -3.21. The molecule has 0 spiro atoms. The van der Waals surface area contributed by atoms with Crippen molar-refractivity contribution in [1.29, 1.82) is 0 Å². The molecule has 0 aliphatic heterocycles. The van der Waals surface area contributed by atoms with Crippen molar-refractivity contribution in [3.05, 3.63) is 0 Å². The minimum atomic E-state index is -3.00. The van der Waals surface area contributed by atoms with Gasteiger partial charge in [-0.15, -0.1) is 0 Å². The van der Waals surface area contributed by atoms with Crippen molar-refractivity contribution in [1.82, 2.24) is 10.6 Å². The summed E-state index contributed by atoms with van der Waals surface area (Å²) >= 11 is 0. The first-order valence-corrected chi connectivity index (χ1v) is 8.73. The predicted molar refractivity (Wildman–Crippen MR) is 88.6 cm³/mol. The Labute approximate surface area is 143 Å². The molecule has 2 unspecified atom stereocenters. The lowest BCUT2D eigenvalue weighted by atomic mass is 9.83. The largest absolute Gasteiger partial charge is 0.353 e. The predicted octanol–water partition coefficient (Wildman–Crippen LogP) is 3.26. The van der Waals surface area contributed by atoms with Crippen LogP contribution in [0.2, 0.25) is 0 Å². The Morgan fingerprint density at radius 3 is 2.04 bits per heavy atom. The van der Waals surface area contributed by atoms with E-state index in [0.717, 1.165) is 19.3 Å². The van der Waals surface area contributed by atoms with Crippen molar-refractivity contribution >= 4 is 11.8 Å². The highest BCUT2D eigenvalue weighted by atomic mass is 19.3. The molecule has 0 bridgehead atoms. The maximum atomic E-state index is 14.4. The third kappa shape index (κ3) is 3.29. The lowest BCUT2D eigenvalue weighted by Gasteiger charge is -2.32. The topological polar surface area (TPSA) is 58.2 Å². The van der Waals surface area contributed by atoms with Crippen molar-refractivity contribution in [3.63, 3.8) is 0 Å². The van der Waals surface area contributed by atoms with Crippen molar-refractivity contribution in [2.45, 2.75) is 84.7 Å². The number of alkyl halides is 2. The molecular formula is C18H30F2N2O2. The maximum absolute atomic E-state index is 14.4. The molecule has 2 amide bonds. The fourth-order valence-corrected chi connectivity index (χ4v) is 3.08. The molecule has 2 aliphatic rings. The number of carbonyl (C=O) groups excluding carboxylic acids is 2.